The van der Waals surface area contributed by atoms with Crippen molar-refractivity contribution in [3.8, 4) is 0 Å². The van der Waals surface area contributed by atoms with Crippen LogP contribution in [0.5, 0.6) is 0 Å². The summed E-state index contributed by atoms with van der Waals surface area (Å²) in [6.07, 6.45) is 4.40. The maximum Gasteiger partial charge on any atom is 0.0194 e. The van der Waals surface area contributed by atoms with Crippen LogP contribution in [-0.4, -0.2) is 4.75 Å². The Morgan fingerprint density at radius 3 is 2.60 bits per heavy atom. The summed E-state index contributed by atoms with van der Waals surface area (Å²) < 4.78 is 0.544. The van der Waals surface area contributed by atoms with Gasteiger partial charge in [-0.2, -0.15) is 12.6 Å². The van der Waals surface area contributed by atoms with Crippen LogP contribution in [0.1, 0.15) is 26.2 Å². The molecule has 0 amide bonds. The van der Waals surface area contributed by atoms with Gasteiger partial charge in [-0.15, -0.1) is 0 Å². The van der Waals surface area contributed by atoms with E-state index in [0.29, 0.717) is 4.75 Å². The van der Waals surface area contributed by atoms with Crippen LogP contribution < -0.4 is 0 Å². The second kappa shape index (κ2) is 1.43. The standard InChI is InChI=1S/C9H14S/c1-5-4-6-7-2-3-9(7,10)8(5)6/h5-8,10H,2-4H2,1H3. The Morgan fingerprint density at radius 2 is 2.30 bits per heavy atom. The molecule has 0 aromatic carbocycles. The van der Waals surface area contributed by atoms with Crippen LogP contribution in [0.2, 0.25) is 0 Å². The van der Waals surface area contributed by atoms with Gasteiger partial charge in [-0.1, -0.05) is 6.92 Å². The minimum absolute atomic E-state index is 0.544. The van der Waals surface area contributed by atoms with E-state index in [2.05, 4.69) is 6.92 Å². The van der Waals surface area contributed by atoms with Crippen LogP contribution in [-0.2, 0) is 0 Å². The van der Waals surface area contributed by atoms with Crippen molar-refractivity contribution in [3.05, 3.63) is 0 Å². The van der Waals surface area contributed by atoms with Crippen molar-refractivity contribution >= 4 is 12.6 Å². The lowest BCUT2D eigenvalue weighted by Crippen LogP contribution is -2.72. The van der Waals surface area contributed by atoms with Gasteiger partial charge < -0.3 is 0 Å². The molecule has 0 spiro atoms. The molecule has 0 aliphatic heterocycles. The first-order valence-corrected chi connectivity index (χ1v) is 4.90. The van der Waals surface area contributed by atoms with Gasteiger partial charge in [0, 0.05) is 4.75 Å². The molecular weight excluding hydrogens is 140 g/mol. The van der Waals surface area contributed by atoms with Gasteiger partial charge in [-0.05, 0) is 42.9 Å². The summed E-state index contributed by atoms with van der Waals surface area (Å²) in [5.74, 6) is 4.17. The molecule has 3 aliphatic rings. The van der Waals surface area contributed by atoms with Crippen molar-refractivity contribution < 1.29 is 0 Å². The van der Waals surface area contributed by atoms with Crippen molar-refractivity contribution in [1.29, 1.82) is 0 Å². The van der Waals surface area contributed by atoms with Crippen LogP contribution in [0.15, 0.2) is 0 Å². The Kier molecular flexibility index (Phi) is 0.848. The number of hydrogen-bond acceptors (Lipinski definition) is 1. The van der Waals surface area contributed by atoms with Crippen LogP contribution in [0.4, 0.5) is 0 Å². The van der Waals surface area contributed by atoms with Crippen molar-refractivity contribution in [2.75, 3.05) is 0 Å². The van der Waals surface area contributed by atoms with Gasteiger partial charge in [0.15, 0.2) is 0 Å². The lowest BCUT2D eigenvalue weighted by atomic mass is 9.36. The molecule has 3 aliphatic carbocycles. The van der Waals surface area contributed by atoms with Gasteiger partial charge in [0.05, 0.1) is 0 Å². The quantitative estimate of drug-likeness (QED) is 0.509. The second-order valence-corrected chi connectivity index (χ2v) is 5.37. The topological polar surface area (TPSA) is 0 Å². The first-order chi connectivity index (χ1) is 4.73. The molecule has 0 aromatic heterocycles. The molecular formula is C9H14S. The number of thiol groups is 1. The zero-order chi connectivity index (χ0) is 6.93. The third-order valence-corrected chi connectivity index (χ3v) is 5.16. The van der Waals surface area contributed by atoms with Crippen molar-refractivity contribution in [2.45, 2.75) is 30.9 Å². The van der Waals surface area contributed by atoms with Crippen molar-refractivity contribution in [3.63, 3.8) is 0 Å². The molecule has 0 radical (unpaired) electrons. The highest BCUT2D eigenvalue weighted by Crippen LogP contribution is 2.74. The lowest BCUT2D eigenvalue weighted by Gasteiger charge is -2.74. The van der Waals surface area contributed by atoms with Crippen LogP contribution >= 0.6 is 12.6 Å². The maximum absolute atomic E-state index is 4.79. The number of hydrogen-bond donors (Lipinski definition) is 1. The van der Waals surface area contributed by atoms with E-state index < -0.39 is 0 Å². The van der Waals surface area contributed by atoms with E-state index in [4.69, 9.17) is 12.6 Å². The highest BCUT2D eigenvalue weighted by molar-refractivity contribution is 7.82. The zero-order valence-electron chi connectivity index (χ0n) is 6.38. The van der Waals surface area contributed by atoms with E-state index in [9.17, 15) is 0 Å². The highest BCUT2D eigenvalue weighted by atomic mass is 32.1. The number of fused-ring (bicyclic) bond motifs is 4. The van der Waals surface area contributed by atoms with E-state index in [-0.39, 0.29) is 0 Å². The predicted octanol–water partition coefficient (Wildman–Crippen LogP) is 2.35. The van der Waals surface area contributed by atoms with Gasteiger partial charge in [0.2, 0.25) is 0 Å². The Balaban J connectivity index is 1.88. The molecule has 0 nitrogen and oxygen atoms in total. The fourth-order valence-electron chi connectivity index (χ4n) is 3.71. The summed E-state index contributed by atoms with van der Waals surface area (Å²) >= 11 is 4.79. The summed E-state index contributed by atoms with van der Waals surface area (Å²) in [4.78, 5) is 0. The molecule has 0 saturated heterocycles. The van der Waals surface area contributed by atoms with Crippen molar-refractivity contribution in [2.24, 2.45) is 23.7 Å². The fraction of sp³-hybridized carbons (Fsp3) is 1.00. The van der Waals surface area contributed by atoms with Crippen LogP contribution in [0.25, 0.3) is 0 Å². The third kappa shape index (κ3) is 0.382. The monoisotopic (exact) mass is 154 g/mol. The summed E-state index contributed by atoms with van der Waals surface area (Å²) in [6, 6.07) is 0. The molecule has 5 atom stereocenters. The Labute approximate surface area is 67.8 Å². The Bertz CT molecular complexity index is 189. The normalized spacial score (nSPS) is 70.2. The molecule has 0 bridgehead atoms. The molecule has 0 heterocycles. The average molecular weight is 154 g/mol. The number of rotatable bonds is 0. The summed E-state index contributed by atoms with van der Waals surface area (Å²) in [5, 5.41) is 0. The second-order valence-electron chi connectivity index (χ2n) is 4.54. The van der Waals surface area contributed by atoms with Gasteiger partial charge in [0.25, 0.3) is 0 Å². The largest absolute Gasteiger partial charge is 0.172 e. The summed E-state index contributed by atoms with van der Waals surface area (Å²) in [5.41, 5.74) is 0. The molecule has 1 heteroatoms. The molecule has 0 N–H and O–H groups in total. The molecule has 3 rings (SSSR count). The minimum Gasteiger partial charge on any atom is -0.172 e. The Morgan fingerprint density at radius 1 is 1.50 bits per heavy atom. The van der Waals surface area contributed by atoms with Gasteiger partial charge in [-0.25, -0.2) is 0 Å². The van der Waals surface area contributed by atoms with Gasteiger partial charge in [-0.3, -0.25) is 0 Å². The maximum atomic E-state index is 4.79. The summed E-state index contributed by atoms with van der Waals surface area (Å²) in [6.45, 7) is 2.40. The van der Waals surface area contributed by atoms with Gasteiger partial charge >= 0.3 is 0 Å². The lowest BCUT2D eigenvalue weighted by molar-refractivity contribution is -0.173. The van der Waals surface area contributed by atoms with Crippen LogP contribution in [0, 0.1) is 23.7 Å². The zero-order valence-corrected chi connectivity index (χ0v) is 7.27. The van der Waals surface area contributed by atoms with E-state index in [1.807, 2.05) is 0 Å². The molecule has 56 valence electrons. The molecule has 3 saturated carbocycles. The van der Waals surface area contributed by atoms with Gasteiger partial charge in [0.1, 0.15) is 0 Å². The smallest absolute Gasteiger partial charge is 0.0194 e. The summed E-state index contributed by atoms with van der Waals surface area (Å²) in [7, 11) is 0. The van der Waals surface area contributed by atoms with E-state index >= 15 is 0 Å². The molecule has 3 fully saturated rings. The first kappa shape index (κ1) is 5.93. The molecule has 0 aromatic rings. The molecule has 5 unspecified atom stereocenters. The SMILES string of the molecule is CC1CC2C3CCC3(S)C12. The highest BCUT2D eigenvalue weighted by Gasteiger charge is 2.70. The fourth-order valence-corrected chi connectivity index (χ4v) is 4.61. The minimum atomic E-state index is 0.544. The Hall–Kier alpha value is 0.350. The third-order valence-electron chi connectivity index (χ3n) is 4.31. The first-order valence-electron chi connectivity index (χ1n) is 4.46. The predicted molar refractivity (Wildman–Crippen MR) is 45.2 cm³/mol. The van der Waals surface area contributed by atoms with Crippen molar-refractivity contribution in [1.82, 2.24) is 0 Å². The van der Waals surface area contributed by atoms with E-state index in [0.717, 1.165) is 23.7 Å². The van der Waals surface area contributed by atoms with Crippen LogP contribution in [0.3, 0.4) is 0 Å². The average Bonchev–Trinajstić information content (AvgIpc) is 1.84. The molecule has 10 heavy (non-hydrogen) atoms. The van der Waals surface area contributed by atoms with E-state index in [1.165, 1.54) is 19.3 Å². The van der Waals surface area contributed by atoms with E-state index in [1.54, 1.807) is 0 Å².